The number of amides is 2. The molecule has 1 aromatic rings. The molecule has 1 fully saturated rings. The summed E-state index contributed by atoms with van der Waals surface area (Å²) in [6, 6.07) is 2.99. The Morgan fingerprint density at radius 3 is 2.50 bits per heavy atom. The SMILES string of the molecule is CC(C)(C)C1CC(=O)N(C(=O)c2ccc(Cl)nc2Cl)C1. The van der Waals surface area contributed by atoms with E-state index in [9.17, 15) is 9.59 Å². The first-order valence-electron chi connectivity index (χ1n) is 6.37. The molecule has 2 amide bonds. The molecule has 1 saturated heterocycles. The summed E-state index contributed by atoms with van der Waals surface area (Å²) in [4.78, 5) is 29.5. The van der Waals surface area contributed by atoms with Gasteiger partial charge in [0.2, 0.25) is 5.91 Å². The predicted octanol–water partition coefficient (Wildman–Crippen LogP) is 3.42. The number of imide groups is 1. The first-order chi connectivity index (χ1) is 9.20. The van der Waals surface area contributed by atoms with Crippen LogP contribution in [0, 0.1) is 11.3 Å². The second-order valence-electron chi connectivity index (χ2n) is 6.05. The topological polar surface area (TPSA) is 50.3 Å². The summed E-state index contributed by atoms with van der Waals surface area (Å²) in [5, 5.41) is 0.237. The Bertz CT molecular complexity index is 567. The molecule has 0 N–H and O–H groups in total. The summed E-state index contributed by atoms with van der Waals surface area (Å²) in [6.07, 6.45) is 0.383. The average Bonchev–Trinajstić information content (AvgIpc) is 2.70. The van der Waals surface area contributed by atoms with Gasteiger partial charge in [0.15, 0.2) is 0 Å². The van der Waals surface area contributed by atoms with Crippen LogP contribution in [0.3, 0.4) is 0 Å². The zero-order valence-electron chi connectivity index (χ0n) is 11.6. The van der Waals surface area contributed by atoms with Crippen LogP contribution < -0.4 is 0 Å². The number of hydrogen-bond acceptors (Lipinski definition) is 3. The number of likely N-dealkylation sites (tertiary alicyclic amines) is 1. The van der Waals surface area contributed by atoms with Gasteiger partial charge in [-0.2, -0.15) is 0 Å². The average molecular weight is 315 g/mol. The van der Waals surface area contributed by atoms with E-state index in [1.165, 1.54) is 17.0 Å². The standard InChI is InChI=1S/C14H16Cl2N2O2/c1-14(2,3)8-6-11(19)18(7-8)13(20)9-4-5-10(15)17-12(9)16/h4-5,8H,6-7H2,1-3H3. The summed E-state index contributed by atoms with van der Waals surface area (Å²) in [5.74, 6) is -0.421. The number of halogens is 2. The Morgan fingerprint density at radius 1 is 1.35 bits per heavy atom. The van der Waals surface area contributed by atoms with Crippen LogP contribution in [0.2, 0.25) is 10.3 Å². The molecule has 0 aliphatic carbocycles. The Morgan fingerprint density at radius 2 is 2.00 bits per heavy atom. The summed E-state index contributed by atoms with van der Waals surface area (Å²) >= 11 is 11.6. The molecule has 2 heterocycles. The van der Waals surface area contributed by atoms with E-state index in [0.29, 0.717) is 13.0 Å². The molecule has 108 valence electrons. The minimum absolute atomic E-state index is 0.0211. The summed E-state index contributed by atoms with van der Waals surface area (Å²) in [6.45, 7) is 6.61. The first kappa shape index (κ1) is 15.3. The molecule has 1 aliphatic heterocycles. The lowest BCUT2D eigenvalue weighted by Crippen LogP contribution is -2.33. The molecular formula is C14H16Cl2N2O2. The largest absolute Gasteiger partial charge is 0.278 e. The van der Waals surface area contributed by atoms with E-state index >= 15 is 0 Å². The van der Waals surface area contributed by atoms with Gasteiger partial charge in [-0.1, -0.05) is 44.0 Å². The third kappa shape index (κ3) is 2.96. The molecule has 2 rings (SSSR count). The molecule has 0 spiro atoms. The molecule has 1 unspecified atom stereocenters. The molecular weight excluding hydrogens is 299 g/mol. The van der Waals surface area contributed by atoms with E-state index in [-0.39, 0.29) is 33.1 Å². The monoisotopic (exact) mass is 314 g/mol. The van der Waals surface area contributed by atoms with Crippen LogP contribution in [0.1, 0.15) is 37.6 Å². The normalized spacial score (nSPS) is 19.6. The van der Waals surface area contributed by atoms with Crippen molar-refractivity contribution in [1.29, 1.82) is 0 Å². The van der Waals surface area contributed by atoms with Crippen LogP contribution in [0.4, 0.5) is 0 Å². The van der Waals surface area contributed by atoms with Gasteiger partial charge in [0.25, 0.3) is 5.91 Å². The van der Waals surface area contributed by atoms with E-state index < -0.39 is 5.91 Å². The van der Waals surface area contributed by atoms with Gasteiger partial charge in [0.1, 0.15) is 10.3 Å². The van der Waals surface area contributed by atoms with Crippen LogP contribution in [0.5, 0.6) is 0 Å². The van der Waals surface area contributed by atoms with Crippen molar-refractivity contribution in [2.75, 3.05) is 6.54 Å². The van der Waals surface area contributed by atoms with Crippen LogP contribution in [-0.4, -0.2) is 28.2 Å². The highest BCUT2D eigenvalue weighted by atomic mass is 35.5. The van der Waals surface area contributed by atoms with Crippen LogP contribution >= 0.6 is 23.2 Å². The molecule has 1 aliphatic rings. The smallest absolute Gasteiger partial charge is 0.263 e. The highest BCUT2D eigenvalue weighted by Gasteiger charge is 2.40. The lowest BCUT2D eigenvalue weighted by molar-refractivity contribution is -0.125. The lowest BCUT2D eigenvalue weighted by Gasteiger charge is -2.26. The van der Waals surface area contributed by atoms with Crippen molar-refractivity contribution in [3.8, 4) is 0 Å². The second-order valence-corrected chi connectivity index (χ2v) is 6.79. The number of pyridine rings is 1. The highest BCUT2D eigenvalue weighted by Crippen LogP contribution is 2.35. The van der Waals surface area contributed by atoms with Crippen molar-refractivity contribution in [2.24, 2.45) is 11.3 Å². The molecule has 6 heteroatoms. The maximum absolute atomic E-state index is 12.4. The van der Waals surface area contributed by atoms with Gasteiger partial charge < -0.3 is 0 Å². The maximum atomic E-state index is 12.4. The second kappa shape index (κ2) is 5.34. The van der Waals surface area contributed by atoms with Crippen molar-refractivity contribution >= 4 is 35.0 Å². The molecule has 4 nitrogen and oxygen atoms in total. The van der Waals surface area contributed by atoms with E-state index in [1.54, 1.807) is 0 Å². The van der Waals surface area contributed by atoms with Gasteiger partial charge in [-0.25, -0.2) is 4.98 Å². The third-order valence-electron chi connectivity index (χ3n) is 3.64. The molecule has 0 radical (unpaired) electrons. The summed E-state index contributed by atoms with van der Waals surface area (Å²) in [5.41, 5.74) is 0.186. The number of rotatable bonds is 1. The Kier molecular flexibility index (Phi) is 4.07. The fourth-order valence-electron chi connectivity index (χ4n) is 2.20. The number of carbonyl (C=O) groups is 2. The van der Waals surface area contributed by atoms with E-state index in [2.05, 4.69) is 25.8 Å². The number of carbonyl (C=O) groups excluding carboxylic acids is 2. The number of aromatic nitrogens is 1. The van der Waals surface area contributed by atoms with Gasteiger partial charge >= 0.3 is 0 Å². The van der Waals surface area contributed by atoms with Crippen molar-refractivity contribution in [3.05, 3.63) is 28.0 Å². The fraction of sp³-hybridized carbons (Fsp3) is 0.500. The van der Waals surface area contributed by atoms with Crippen molar-refractivity contribution in [1.82, 2.24) is 9.88 Å². The van der Waals surface area contributed by atoms with E-state index in [1.807, 2.05) is 0 Å². The van der Waals surface area contributed by atoms with Gasteiger partial charge in [0, 0.05) is 13.0 Å². The van der Waals surface area contributed by atoms with E-state index in [0.717, 1.165) is 0 Å². The maximum Gasteiger partial charge on any atom is 0.263 e. The van der Waals surface area contributed by atoms with Gasteiger partial charge in [-0.3, -0.25) is 14.5 Å². The molecule has 1 atom stereocenters. The van der Waals surface area contributed by atoms with Crippen LogP contribution in [0.15, 0.2) is 12.1 Å². The zero-order valence-corrected chi connectivity index (χ0v) is 13.1. The van der Waals surface area contributed by atoms with Gasteiger partial charge in [-0.15, -0.1) is 0 Å². The molecule has 0 bridgehead atoms. The van der Waals surface area contributed by atoms with Crippen molar-refractivity contribution in [3.63, 3.8) is 0 Å². The quantitative estimate of drug-likeness (QED) is 0.589. The highest BCUT2D eigenvalue weighted by molar-refractivity contribution is 6.34. The summed E-state index contributed by atoms with van der Waals surface area (Å²) < 4.78 is 0. The lowest BCUT2D eigenvalue weighted by atomic mass is 9.80. The van der Waals surface area contributed by atoms with Crippen molar-refractivity contribution < 1.29 is 9.59 Å². The fourth-order valence-corrected chi connectivity index (χ4v) is 2.63. The summed E-state index contributed by atoms with van der Waals surface area (Å²) in [7, 11) is 0. The Labute approximate surface area is 128 Å². The van der Waals surface area contributed by atoms with Gasteiger partial charge in [0.05, 0.1) is 5.56 Å². The Balaban J connectivity index is 2.24. The third-order valence-corrected chi connectivity index (χ3v) is 4.14. The molecule has 0 saturated carbocycles. The minimum Gasteiger partial charge on any atom is -0.278 e. The molecule has 0 aromatic carbocycles. The Hall–Kier alpha value is -1.13. The van der Waals surface area contributed by atoms with Crippen molar-refractivity contribution in [2.45, 2.75) is 27.2 Å². The minimum atomic E-state index is -0.407. The van der Waals surface area contributed by atoms with Crippen LogP contribution in [-0.2, 0) is 4.79 Å². The predicted molar refractivity (Wildman–Crippen MR) is 77.9 cm³/mol. The van der Waals surface area contributed by atoms with Gasteiger partial charge in [-0.05, 0) is 23.5 Å². The zero-order chi connectivity index (χ0) is 15.1. The molecule has 20 heavy (non-hydrogen) atoms. The number of nitrogens with zero attached hydrogens (tertiary/aromatic N) is 2. The molecule has 1 aromatic heterocycles. The number of hydrogen-bond donors (Lipinski definition) is 0. The van der Waals surface area contributed by atoms with E-state index in [4.69, 9.17) is 23.2 Å². The van der Waals surface area contributed by atoms with Crippen LogP contribution in [0.25, 0.3) is 0 Å². The first-order valence-corrected chi connectivity index (χ1v) is 7.12.